The first-order valence-corrected chi connectivity index (χ1v) is 14.6. The monoisotopic (exact) mass is 538 g/mol. The molecular weight excluding hydrogens is 496 g/mol. The van der Waals surface area contributed by atoms with E-state index in [1.165, 1.54) is 17.6 Å². The van der Waals surface area contributed by atoms with Crippen LogP contribution in [0.2, 0.25) is 0 Å². The van der Waals surface area contributed by atoms with Crippen LogP contribution in [0.3, 0.4) is 0 Å². The SMILES string of the molecule is CCC/C(O)=c1/cc2c(-c3cc(C(C)(C)O)ccc3Oc3c(C)cc(CC)cc3C)cn(C)c(=C3CCC3)c-2n1. The Bertz CT molecular complexity index is 1640. The van der Waals surface area contributed by atoms with Gasteiger partial charge in [0, 0.05) is 36.4 Å². The van der Waals surface area contributed by atoms with Crippen LogP contribution in [0.15, 0.2) is 42.6 Å². The first kappa shape index (κ1) is 28.0. The van der Waals surface area contributed by atoms with E-state index in [0.29, 0.717) is 17.5 Å². The van der Waals surface area contributed by atoms with E-state index in [1.807, 2.05) is 24.3 Å². The summed E-state index contributed by atoms with van der Waals surface area (Å²) in [6.45, 7) is 12.0. The molecule has 210 valence electrons. The Balaban J connectivity index is 1.80. The molecule has 0 bridgehead atoms. The number of hydrogen-bond acceptors (Lipinski definition) is 4. The number of fused-ring (bicyclic) bond motifs is 1. The standard InChI is InChI=1S/C35H42N2O3/c1-8-11-30(38)29-19-27-28(20-37(7)33(32(27)36-29)24-12-10-13-24)26-18-25(35(5,6)39)14-15-31(26)40-34-21(3)16-23(9-2)17-22(34)4/h14-20,38-39H,8-13H2,1-7H3/b30-29+. The van der Waals surface area contributed by atoms with Gasteiger partial charge in [-0.1, -0.05) is 32.0 Å². The molecule has 2 heterocycles. The van der Waals surface area contributed by atoms with Gasteiger partial charge in [0.15, 0.2) is 0 Å². The van der Waals surface area contributed by atoms with Gasteiger partial charge >= 0.3 is 0 Å². The molecule has 40 heavy (non-hydrogen) atoms. The van der Waals surface area contributed by atoms with Gasteiger partial charge in [0.25, 0.3) is 0 Å². The highest BCUT2D eigenvalue weighted by Crippen LogP contribution is 2.42. The Morgan fingerprint density at radius 1 is 1.00 bits per heavy atom. The van der Waals surface area contributed by atoms with Crippen molar-refractivity contribution in [1.82, 2.24) is 9.55 Å². The van der Waals surface area contributed by atoms with E-state index in [2.05, 4.69) is 57.6 Å². The lowest BCUT2D eigenvalue weighted by molar-refractivity contribution is 0.0786. The van der Waals surface area contributed by atoms with E-state index in [1.54, 1.807) is 13.8 Å². The molecule has 0 spiro atoms. The predicted molar refractivity (Wildman–Crippen MR) is 163 cm³/mol. The molecule has 5 heteroatoms. The topological polar surface area (TPSA) is 67.5 Å². The minimum Gasteiger partial charge on any atom is -0.510 e. The lowest BCUT2D eigenvalue weighted by atomic mass is 9.88. The second-order valence-electron chi connectivity index (χ2n) is 11.8. The van der Waals surface area contributed by atoms with Crippen LogP contribution in [0.25, 0.3) is 33.7 Å². The Morgan fingerprint density at radius 2 is 1.70 bits per heavy atom. The zero-order valence-electron chi connectivity index (χ0n) is 25.0. The van der Waals surface area contributed by atoms with Crippen molar-refractivity contribution in [3.05, 3.63) is 75.5 Å². The lowest BCUT2D eigenvalue weighted by Gasteiger charge is -2.24. The van der Waals surface area contributed by atoms with E-state index in [-0.39, 0.29) is 0 Å². The van der Waals surface area contributed by atoms with E-state index in [9.17, 15) is 10.2 Å². The third-order valence-corrected chi connectivity index (χ3v) is 8.15. The van der Waals surface area contributed by atoms with Crippen molar-refractivity contribution >= 4 is 11.3 Å². The van der Waals surface area contributed by atoms with Crippen LogP contribution in [-0.4, -0.2) is 19.8 Å². The highest BCUT2D eigenvalue weighted by Gasteiger charge is 2.25. The van der Waals surface area contributed by atoms with Crippen molar-refractivity contribution in [2.75, 3.05) is 0 Å². The van der Waals surface area contributed by atoms with E-state index in [0.717, 1.165) is 81.6 Å². The van der Waals surface area contributed by atoms with Crippen LogP contribution >= 0.6 is 0 Å². The number of aryl methyl sites for hydroxylation is 4. The molecule has 3 aliphatic rings. The number of aliphatic hydroxyl groups excluding tert-OH is 1. The van der Waals surface area contributed by atoms with Crippen molar-refractivity contribution in [2.45, 2.75) is 85.7 Å². The number of benzene rings is 2. The zero-order valence-corrected chi connectivity index (χ0v) is 25.0. The van der Waals surface area contributed by atoms with Gasteiger partial charge in [-0.3, -0.25) is 0 Å². The van der Waals surface area contributed by atoms with Crippen LogP contribution in [-0.2, 0) is 19.1 Å². The average molecular weight is 539 g/mol. The maximum absolute atomic E-state index is 10.9. The number of rotatable bonds is 7. The Kier molecular flexibility index (Phi) is 7.54. The highest BCUT2D eigenvalue weighted by molar-refractivity contribution is 5.87. The normalized spacial score (nSPS) is 14.4. The van der Waals surface area contributed by atoms with Crippen molar-refractivity contribution in [2.24, 2.45) is 7.05 Å². The molecule has 0 unspecified atom stereocenters. The number of pyridine rings is 1. The van der Waals surface area contributed by atoms with Crippen LogP contribution in [0.5, 0.6) is 11.5 Å². The fourth-order valence-corrected chi connectivity index (χ4v) is 5.76. The maximum atomic E-state index is 10.9. The first-order valence-electron chi connectivity index (χ1n) is 14.6. The summed E-state index contributed by atoms with van der Waals surface area (Å²) in [5.41, 5.74) is 8.41. The summed E-state index contributed by atoms with van der Waals surface area (Å²) in [6.07, 6.45) is 7.91. The fraction of sp³-hybridized carbons (Fsp3) is 0.400. The van der Waals surface area contributed by atoms with Gasteiger partial charge in [-0.15, -0.1) is 0 Å². The maximum Gasteiger partial charge on any atom is 0.135 e. The number of aromatic nitrogens is 2. The Labute approximate surface area is 237 Å². The highest BCUT2D eigenvalue weighted by atomic mass is 16.5. The van der Waals surface area contributed by atoms with Crippen molar-refractivity contribution in [3.8, 4) is 33.9 Å². The van der Waals surface area contributed by atoms with Crippen LogP contribution in [0.1, 0.15) is 82.1 Å². The molecule has 5 rings (SSSR count). The van der Waals surface area contributed by atoms with Gasteiger partial charge in [-0.25, -0.2) is 4.98 Å². The van der Waals surface area contributed by atoms with E-state index >= 15 is 0 Å². The predicted octanol–water partition coefficient (Wildman–Crippen LogP) is 7.19. The van der Waals surface area contributed by atoms with Crippen LogP contribution in [0.4, 0.5) is 0 Å². The smallest absolute Gasteiger partial charge is 0.135 e. The summed E-state index contributed by atoms with van der Waals surface area (Å²) in [5, 5.41) is 23.6. The van der Waals surface area contributed by atoms with Gasteiger partial charge in [-0.2, -0.15) is 0 Å². The van der Waals surface area contributed by atoms with E-state index in [4.69, 9.17) is 9.72 Å². The molecule has 2 N–H and O–H groups in total. The molecule has 0 amide bonds. The van der Waals surface area contributed by atoms with E-state index < -0.39 is 5.60 Å². The number of ether oxygens (including phenoxy) is 1. The second kappa shape index (κ2) is 10.8. The van der Waals surface area contributed by atoms with Gasteiger partial charge in [-0.05, 0) is 106 Å². The fourth-order valence-electron chi connectivity index (χ4n) is 5.76. The number of aliphatic hydroxyl groups is 2. The molecule has 1 fully saturated rings. The number of hydrogen-bond donors (Lipinski definition) is 2. The van der Waals surface area contributed by atoms with Gasteiger partial charge in [0.1, 0.15) is 22.6 Å². The summed E-state index contributed by atoms with van der Waals surface area (Å²) in [4.78, 5) is 4.99. The molecule has 1 aliphatic carbocycles. The zero-order chi connectivity index (χ0) is 28.8. The molecule has 0 aromatic heterocycles. The summed E-state index contributed by atoms with van der Waals surface area (Å²) in [5.74, 6) is 1.89. The lowest BCUT2D eigenvalue weighted by Crippen LogP contribution is -2.27. The van der Waals surface area contributed by atoms with Gasteiger partial charge in [0.2, 0.25) is 0 Å². The molecule has 0 radical (unpaired) electrons. The summed E-state index contributed by atoms with van der Waals surface area (Å²) in [7, 11) is 2.08. The first-order chi connectivity index (χ1) is 19.0. The molecule has 1 saturated carbocycles. The van der Waals surface area contributed by atoms with Crippen molar-refractivity contribution in [1.29, 1.82) is 0 Å². The largest absolute Gasteiger partial charge is 0.510 e. The number of nitrogens with zero attached hydrogens (tertiary/aromatic N) is 2. The van der Waals surface area contributed by atoms with Gasteiger partial charge in [0.05, 0.1) is 16.6 Å². The molecule has 0 atom stereocenters. The van der Waals surface area contributed by atoms with Crippen LogP contribution < -0.4 is 15.4 Å². The van der Waals surface area contributed by atoms with Gasteiger partial charge < -0.3 is 19.5 Å². The molecule has 5 nitrogen and oxygen atoms in total. The molecule has 2 aromatic rings. The minimum atomic E-state index is -1.02. The van der Waals surface area contributed by atoms with Crippen LogP contribution in [0, 0.1) is 13.8 Å². The van der Waals surface area contributed by atoms with Crippen molar-refractivity contribution < 1.29 is 14.9 Å². The molecule has 0 saturated heterocycles. The Hall–Kier alpha value is -3.57. The summed E-state index contributed by atoms with van der Waals surface area (Å²) < 4.78 is 8.89. The van der Waals surface area contributed by atoms with Crippen molar-refractivity contribution in [3.63, 3.8) is 0 Å². The second-order valence-corrected chi connectivity index (χ2v) is 11.8. The molecular formula is C35H42N2O3. The summed E-state index contributed by atoms with van der Waals surface area (Å²) >= 11 is 0. The third-order valence-electron chi connectivity index (χ3n) is 8.15. The minimum absolute atomic E-state index is 0.320. The summed E-state index contributed by atoms with van der Waals surface area (Å²) in [6, 6.07) is 12.3. The Morgan fingerprint density at radius 3 is 2.27 bits per heavy atom. The third kappa shape index (κ3) is 5.15. The molecule has 2 aromatic carbocycles. The molecule has 2 aliphatic heterocycles. The average Bonchev–Trinajstić information content (AvgIpc) is 3.31. The quantitative estimate of drug-likeness (QED) is 0.261.